The molecule has 0 aromatic carbocycles. The van der Waals surface area contributed by atoms with E-state index in [1.165, 1.54) is 0 Å². The predicted molar refractivity (Wildman–Crippen MR) is 117 cm³/mol. The van der Waals surface area contributed by atoms with Crippen molar-refractivity contribution >= 4 is 8.32 Å². The van der Waals surface area contributed by atoms with Crippen molar-refractivity contribution in [3.05, 3.63) is 24.8 Å². The lowest BCUT2D eigenvalue weighted by Crippen LogP contribution is -2.48. The topological polar surface area (TPSA) is 49.7 Å². The highest BCUT2D eigenvalue weighted by molar-refractivity contribution is 6.74. The van der Waals surface area contributed by atoms with Crippen molar-refractivity contribution < 1.29 is 14.6 Å². The average Bonchev–Trinajstić information content (AvgIpc) is 3.31. The molecule has 1 fully saturated rings. The second-order valence-corrected chi connectivity index (χ2v) is 15.2. The Labute approximate surface area is 168 Å². The molecule has 0 spiro atoms. The van der Waals surface area contributed by atoms with Gasteiger partial charge in [-0.25, -0.2) is 0 Å². The molecule has 1 saturated carbocycles. The molecule has 0 amide bonds. The Kier molecular flexibility index (Phi) is 6.73. The van der Waals surface area contributed by atoms with Gasteiger partial charge < -0.3 is 14.6 Å². The minimum absolute atomic E-state index is 0.0479. The monoisotopic (exact) mass is 392 g/mol. The van der Waals surface area contributed by atoms with Crippen LogP contribution in [0, 0.1) is 22.7 Å². The minimum Gasteiger partial charge on any atom is -0.402 e. The summed E-state index contributed by atoms with van der Waals surface area (Å²) in [7, 11) is -2.06. The maximum atomic E-state index is 11.0. The molecule has 0 heterocycles. The van der Waals surface area contributed by atoms with Crippen LogP contribution in [0.3, 0.4) is 0 Å². The van der Waals surface area contributed by atoms with Crippen LogP contribution >= 0.6 is 0 Å². The third-order valence-corrected chi connectivity index (χ3v) is 11.3. The first-order chi connectivity index (χ1) is 11.9. The molecule has 1 rings (SSSR count). The molecule has 0 aliphatic heterocycles. The molecule has 3 nitrogen and oxygen atoms in total. The molecular formula is C23H40O3Si. The molecule has 1 aliphatic rings. The van der Waals surface area contributed by atoms with E-state index in [1.54, 1.807) is 6.92 Å². The molecule has 27 heavy (non-hydrogen) atoms. The Balaban J connectivity index is 3.18. The summed E-state index contributed by atoms with van der Waals surface area (Å²) in [6, 6.07) is 0. The second kappa shape index (κ2) is 7.52. The lowest BCUT2D eigenvalue weighted by Gasteiger charge is -2.41. The molecule has 4 heteroatoms. The lowest BCUT2D eigenvalue weighted by atomic mass is 9.77. The van der Waals surface area contributed by atoms with Gasteiger partial charge in [-0.15, -0.1) is 6.58 Å². The maximum Gasteiger partial charge on any atom is 0.193 e. The molecule has 0 radical (unpaired) electrons. The van der Waals surface area contributed by atoms with Gasteiger partial charge in [0.25, 0.3) is 0 Å². The molecule has 1 aliphatic carbocycles. The number of aliphatic hydroxyl groups excluding tert-OH is 1. The van der Waals surface area contributed by atoms with Gasteiger partial charge in [-0.1, -0.05) is 64.7 Å². The zero-order valence-corrected chi connectivity index (χ0v) is 19.9. The van der Waals surface area contributed by atoms with E-state index in [4.69, 9.17) is 4.43 Å². The van der Waals surface area contributed by atoms with Crippen LogP contribution in [0.2, 0.25) is 18.1 Å². The summed E-state index contributed by atoms with van der Waals surface area (Å²) < 4.78 is 6.55. The SMILES string of the molecule is C=CC(C)(C)C(C#C[C@H](O)[C@](C)(O)C1(C(=C)C)CC1)O[Si](C)(C)C(C)(C)C. The van der Waals surface area contributed by atoms with Crippen molar-refractivity contribution in [3.63, 3.8) is 0 Å². The smallest absolute Gasteiger partial charge is 0.193 e. The quantitative estimate of drug-likeness (QED) is 0.362. The van der Waals surface area contributed by atoms with E-state index in [-0.39, 0.29) is 10.5 Å². The molecule has 3 atom stereocenters. The molecule has 0 aromatic rings. The molecule has 1 unspecified atom stereocenters. The van der Waals surface area contributed by atoms with Crippen LogP contribution in [0.25, 0.3) is 0 Å². The van der Waals surface area contributed by atoms with Crippen molar-refractivity contribution in [2.75, 3.05) is 0 Å². The van der Waals surface area contributed by atoms with E-state index in [0.29, 0.717) is 0 Å². The first-order valence-electron chi connectivity index (χ1n) is 9.83. The zero-order valence-electron chi connectivity index (χ0n) is 18.9. The van der Waals surface area contributed by atoms with Crippen molar-refractivity contribution in [2.45, 2.75) is 97.2 Å². The standard InChI is InChI=1S/C23H40O3Si/c1-12-21(7,8)19(26-27(10,11)20(4,5)6)14-13-18(24)22(9,25)23(15-16-23)17(2)3/h12,18-19,24-25H,1-2,15-16H2,3-11H3/t18-,19?,22-/m0/s1. The third kappa shape index (κ3) is 4.77. The summed E-state index contributed by atoms with van der Waals surface area (Å²) >= 11 is 0. The first kappa shape index (κ1) is 24.2. The van der Waals surface area contributed by atoms with E-state index in [9.17, 15) is 10.2 Å². The van der Waals surface area contributed by atoms with Crippen LogP contribution in [-0.4, -0.2) is 36.3 Å². The van der Waals surface area contributed by atoms with E-state index >= 15 is 0 Å². The van der Waals surface area contributed by atoms with Crippen molar-refractivity contribution in [2.24, 2.45) is 10.8 Å². The second-order valence-electron chi connectivity index (χ2n) is 10.5. The number of hydrogen-bond donors (Lipinski definition) is 2. The molecule has 0 aromatic heterocycles. The van der Waals surface area contributed by atoms with E-state index < -0.39 is 31.5 Å². The van der Waals surface area contributed by atoms with Crippen molar-refractivity contribution in [3.8, 4) is 11.8 Å². The Morgan fingerprint density at radius 3 is 1.96 bits per heavy atom. The number of hydrogen-bond acceptors (Lipinski definition) is 3. The number of aliphatic hydroxyl groups is 2. The van der Waals surface area contributed by atoms with Crippen LogP contribution in [0.4, 0.5) is 0 Å². The van der Waals surface area contributed by atoms with Crippen molar-refractivity contribution in [1.82, 2.24) is 0 Å². The van der Waals surface area contributed by atoms with Gasteiger partial charge in [-0.05, 0) is 44.8 Å². The summed E-state index contributed by atoms with van der Waals surface area (Å²) in [6.07, 6.45) is 1.94. The zero-order chi connectivity index (χ0) is 21.5. The normalized spacial score (nSPS) is 21.3. The molecular weight excluding hydrogens is 352 g/mol. The molecule has 2 N–H and O–H groups in total. The van der Waals surface area contributed by atoms with Gasteiger partial charge in [-0.2, -0.15) is 0 Å². The van der Waals surface area contributed by atoms with Gasteiger partial charge in [0.15, 0.2) is 8.32 Å². The molecule has 0 saturated heterocycles. The van der Waals surface area contributed by atoms with Crippen LogP contribution in [0.1, 0.15) is 61.3 Å². The Hall–Kier alpha value is -0.863. The van der Waals surface area contributed by atoms with Crippen molar-refractivity contribution in [1.29, 1.82) is 0 Å². The number of rotatable bonds is 7. The van der Waals surface area contributed by atoms with Gasteiger partial charge in [0.1, 0.15) is 17.8 Å². The Bertz CT molecular complexity index is 637. The lowest BCUT2D eigenvalue weighted by molar-refractivity contribution is -0.0761. The summed E-state index contributed by atoms with van der Waals surface area (Å²) in [5.41, 5.74) is -1.25. The van der Waals surface area contributed by atoms with E-state index in [0.717, 1.165) is 18.4 Å². The Morgan fingerprint density at radius 1 is 1.15 bits per heavy atom. The van der Waals surface area contributed by atoms with Crippen LogP contribution in [-0.2, 0) is 4.43 Å². The highest BCUT2D eigenvalue weighted by Crippen LogP contribution is 2.59. The van der Waals surface area contributed by atoms with Crippen LogP contribution in [0.15, 0.2) is 24.8 Å². The predicted octanol–water partition coefficient (Wildman–Crippen LogP) is 5.06. The van der Waals surface area contributed by atoms with Crippen LogP contribution in [0.5, 0.6) is 0 Å². The van der Waals surface area contributed by atoms with E-state index in [1.807, 2.05) is 26.8 Å². The average molecular weight is 393 g/mol. The summed E-state index contributed by atoms with van der Waals surface area (Å²) in [5.74, 6) is 6.04. The van der Waals surface area contributed by atoms with Gasteiger partial charge in [0.05, 0.1) is 0 Å². The van der Waals surface area contributed by atoms with Gasteiger partial charge >= 0.3 is 0 Å². The summed E-state index contributed by atoms with van der Waals surface area (Å²) in [6.45, 7) is 26.5. The van der Waals surface area contributed by atoms with Gasteiger partial charge in [0.2, 0.25) is 0 Å². The fourth-order valence-corrected chi connectivity index (χ4v) is 4.30. The van der Waals surface area contributed by atoms with Crippen LogP contribution < -0.4 is 0 Å². The first-order valence-corrected chi connectivity index (χ1v) is 12.7. The molecule has 0 bridgehead atoms. The van der Waals surface area contributed by atoms with Gasteiger partial charge in [-0.3, -0.25) is 0 Å². The highest BCUT2D eigenvalue weighted by atomic mass is 28.4. The highest BCUT2D eigenvalue weighted by Gasteiger charge is 2.59. The third-order valence-electron chi connectivity index (χ3n) is 6.84. The van der Waals surface area contributed by atoms with E-state index in [2.05, 4.69) is 58.9 Å². The molecule has 154 valence electrons. The fraction of sp³-hybridized carbons (Fsp3) is 0.739. The maximum absolute atomic E-state index is 11.0. The van der Waals surface area contributed by atoms with Gasteiger partial charge in [0, 0.05) is 10.8 Å². The Morgan fingerprint density at radius 2 is 1.63 bits per heavy atom. The fourth-order valence-electron chi connectivity index (χ4n) is 2.99. The summed E-state index contributed by atoms with van der Waals surface area (Å²) in [5, 5.41) is 21.8. The summed E-state index contributed by atoms with van der Waals surface area (Å²) in [4.78, 5) is 0. The minimum atomic E-state index is -2.06. The largest absolute Gasteiger partial charge is 0.402 e.